The van der Waals surface area contributed by atoms with Crippen molar-refractivity contribution >= 4 is 11.8 Å². The number of likely N-dealkylation sites (N-methyl/N-ethyl adjacent to an activating group) is 1. The second-order valence-electron chi connectivity index (χ2n) is 6.79. The van der Waals surface area contributed by atoms with E-state index in [0.717, 1.165) is 5.69 Å². The van der Waals surface area contributed by atoms with Gasteiger partial charge in [-0.25, -0.2) is 0 Å². The van der Waals surface area contributed by atoms with Crippen LogP contribution in [0, 0.1) is 12.3 Å². The quantitative estimate of drug-likeness (QED) is 0.675. The predicted octanol–water partition coefficient (Wildman–Crippen LogP) is -0.715. The maximum Gasteiger partial charge on any atom is 0.274 e. The van der Waals surface area contributed by atoms with Crippen LogP contribution in [0.4, 0.5) is 0 Å². The largest absolute Gasteiger partial charge is 0.392 e. The molecule has 0 radical (unpaired) electrons. The van der Waals surface area contributed by atoms with Crippen molar-refractivity contribution in [3.8, 4) is 0 Å². The molecule has 1 aromatic heterocycles. The highest BCUT2D eigenvalue weighted by molar-refractivity contribution is 5.92. The highest BCUT2D eigenvalue weighted by Crippen LogP contribution is 2.49. The van der Waals surface area contributed by atoms with Gasteiger partial charge < -0.3 is 20.4 Å². The van der Waals surface area contributed by atoms with Crippen molar-refractivity contribution in [3.05, 3.63) is 17.5 Å². The van der Waals surface area contributed by atoms with Gasteiger partial charge in [-0.05, 0) is 25.8 Å². The van der Waals surface area contributed by atoms with E-state index in [2.05, 4.69) is 10.4 Å². The van der Waals surface area contributed by atoms with Gasteiger partial charge in [0.1, 0.15) is 6.54 Å². The number of piperidine rings is 1. The van der Waals surface area contributed by atoms with Crippen LogP contribution in [0.3, 0.4) is 0 Å². The Kier molecular flexibility index (Phi) is 4.35. The molecule has 132 valence electrons. The van der Waals surface area contributed by atoms with Gasteiger partial charge in [0.25, 0.3) is 5.91 Å². The Hall–Kier alpha value is -1.93. The second kappa shape index (κ2) is 6.18. The van der Waals surface area contributed by atoms with E-state index in [1.165, 1.54) is 4.68 Å². The van der Waals surface area contributed by atoms with Gasteiger partial charge in [0.2, 0.25) is 5.91 Å². The van der Waals surface area contributed by atoms with Gasteiger partial charge >= 0.3 is 0 Å². The van der Waals surface area contributed by atoms with Gasteiger partial charge in [0, 0.05) is 37.7 Å². The molecule has 1 aromatic rings. The van der Waals surface area contributed by atoms with Crippen molar-refractivity contribution in [1.29, 1.82) is 0 Å². The fourth-order valence-electron chi connectivity index (χ4n) is 3.69. The Labute approximate surface area is 140 Å². The number of hydrogen-bond donors (Lipinski definition) is 3. The SMILES string of the molecule is CNC(=O)Cn1nc(C(=O)N2CCC3(CC2)[C@H](O)C[C@@H]3O)cc1C. The number of aliphatic hydroxyl groups excluding tert-OH is 2. The summed E-state index contributed by atoms with van der Waals surface area (Å²) in [5.41, 5.74) is 0.632. The third-order valence-corrected chi connectivity index (χ3v) is 5.53. The minimum atomic E-state index is -0.473. The molecule has 1 aliphatic heterocycles. The first kappa shape index (κ1) is 16.9. The number of carbonyl (C=O) groups excluding carboxylic acids is 2. The van der Waals surface area contributed by atoms with Crippen molar-refractivity contribution in [2.75, 3.05) is 20.1 Å². The number of likely N-dealkylation sites (tertiary alicyclic amines) is 1. The number of hydrogen-bond acceptors (Lipinski definition) is 5. The molecule has 2 amide bonds. The molecule has 3 N–H and O–H groups in total. The van der Waals surface area contributed by atoms with Crippen LogP contribution in [0.15, 0.2) is 6.07 Å². The molecule has 2 heterocycles. The summed E-state index contributed by atoms with van der Waals surface area (Å²) >= 11 is 0. The molecule has 1 saturated carbocycles. The molecule has 1 saturated heterocycles. The van der Waals surface area contributed by atoms with E-state index in [-0.39, 0.29) is 18.4 Å². The molecule has 2 fully saturated rings. The van der Waals surface area contributed by atoms with Crippen LogP contribution in [-0.2, 0) is 11.3 Å². The number of nitrogens with zero attached hydrogens (tertiary/aromatic N) is 3. The molecule has 8 nitrogen and oxygen atoms in total. The van der Waals surface area contributed by atoms with Crippen molar-refractivity contribution in [2.45, 2.75) is 44.9 Å². The smallest absolute Gasteiger partial charge is 0.274 e. The number of aromatic nitrogens is 2. The number of rotatable bonds is 3. The van der Waals surface area contributed by atoms with E-state index >= 15 is 0 Å². The summed E-state index contributed by atoms with van der Waals surface area (Å²) in [4.78, 5) is 25.8. The van der Waals surface area contributed by atoms with E-state index in [0.29, 0.717) is 38.0 Å². The first-order chi connectivity index (χ1) is 11.4. The van der Waals surface area contributed by atoms with Crippen LogP contribution in [0.2, 0.25) is 0 Å². The van der Waals surface area contributed by atoms with Crippen molar-refractivity contribution in [1.82, 2.24) is 20.0 Å². The average molecular weight is 336 g/mol. The Morgan fingerprint density at radius 3 is 2.50 bits per heavy atom. The van der Waals surface area contributed by atoms with E-state index < -0.39 is 17.6 Å². The number of aryl methyl sites for hydroxylation is 1. The second-order valence-corrected chi connectivity index (χ2v) is 6.79. The zero-order valence-electron chi connectivity index (χ0n) is 14.0. The van der Waals surface area contributed by atoms with E-state index in [1.807, 2.05) is 0 Å². The number of amides is 2. The molecule has 0 bridgehead atoms. The molecule has 0 aromatic carbocycles. The summed E-state index contributed by atoms with van der Waals surface area (Å²) in [6.45, 7) is 2.87. The Balaban J connectivity index is 1.65. The van der Waals surface area contributed by atoms with Gasteiger partial charge in [-0.2, -0.15) is 5.10 Å². The lowest BCUT2D eigenvalue weighted by molar-refractivity contribution is -0.187. The molecule has 1 aliphatic carbocycles. The zero-order valence-corrected chi connectivity index (χ0v) is 14.0. The van der Waals surface area contributed by atoms with Crippen LogP contribution < -0.4 is 5.32 Å². The molecule has 2 atom stereocenters. The Morgan fingerprint density at radius 1 is 1.33 bits per heavy atom. The number of aliphatic hydroxyl groups is 2. The highest BCUT2D eigenvalue weighted by Gasteiger charge is 2.55. The van der Waals surface area contributed by atoms with Gasteiger partial charge in [-0.3, -0.25) is 14.3 Å². The Morgan fingerprint density at radius 2 is 1.96 bits per heavy atom. The molecule has 8 heteroatoms. The van der Waals surface area contributed by atoms with Crippen LogP contribution in [0.25, 0.3) is 0 Å². The van der Waals surface area contributed by atoms with Gasteiger partial charge in [0.15, 0.2) is 5.69 Å². The monoisotopic (exact) mass is 336 g/mol. The van der Waals surface area contributed by atoms with Gasteiger partial charge in [-0.15, -0.1) is 0 Å². The van der Waals surface area contributed by atoms with Crippen LogP contribution in [0.1, 0.15) is 35.4 Å². The molecular weight excluding hydrogens is 312 g/mol. The fourth-order valence-corrected chi connectivity index (χ4v) is 3.69. The first-order valence-electron chi connectivity index (χ1n) is 8.28. The van der Waals surface area contributed by atoms with E-state index in [1.54, 1.807) is 24.9 Å². The topological polar surface area (TPSA) is 108 Å². The highest BCUT2D eigenvalue weighted by atomic mass is 16.3. The van der Waals surface area contributed by atoms with Crippen molar-refractivity contribution < 1.29 is 19.8 Å². The standard InChI is InChI=1S/C16H24N4O4/c1-10-7-11(18-20(10)9-14(23)17-2)15(24)19-5-3-16(4-6-19)12(21)8-13(16)22/h7,12-13,21-22H,3-6,8-9H2,1-2H3,(H,17,23)/t12-,13+. The Bertz CT molecular complexity index is 639. The summed E-state index contributed by atoms with van der Waals surface area (Å²) in [6, 6.07) is 1.68. The minimum absolute atomic E-state index is 0.0805. The van der Waals surface area contributed by atoms with Crippen molar-refractivity contribution in [3.63, 3.8) is 0 Å². The average Bonchev–Trinajstić information content (AvgIpc) is 2.95. The molecule has 24 heavy (non-hydrogen) atoms. The maximum atomic E-state index is 12.6. The van der Waals surface area contributed by atoms with E-state index in [4.69, 9.17) is 0 Å². The normalized spacial score (nSPS) is 25.4. The molecular formula is C16H24N4O4. The maximum absolute atomic E-state index is 12.6. The van der Waals surface area contributed by atoms with Crippen LogP contribution in [0.5, 0.6) is 0 Å². The first-order valence-corrected chi connectivity index (χ1v) is 8.28. The summed E-state index contributed by atoms with van der Waals surface area (Å²) in [7, 11) is 1.56. The minimum Gasteiger partial charge on any atom is -0.392 e. The molecule has 1 spiro atoms. The summed E-state index contributed by atoms with van der Waals surface area (Å²) in [5, 5.41) is 26.7. The fraction of sp³-hybridized carbons (Fsp3) is 0.688. The lowest BCUT2D eigenvalue weighted by Crippen LogP contribution is -2.61. The van der Waals surface area contributed by atoms with Crippen LogP contribution in [-0.4, -0.2) is 69.1 Å². The molecule has 3 rings (SSSR count). The third-order valence-electron chi connectivity index (χ3n) is 5.53. The lowest BCUT2D eigenvalue weighted by Gasteiger charge is -2.54. The zero-order chi connectivity index (χ0) is 17.5. The number of nitrogens with one attached hydrogen (secondary N) is 1. The predicted molar refractivity (Wildman–Crippen MR) is 85.2 cm³/mol. The third kappa shape index (κ3) is 2.69. The lowest BCUT2D eigenvalue weighted by atomic mass is 9.58. The van der Waals surface area contributed by atoms with Crippen LogP contribution >= 0.6 is 0 Å². The van der Waals surface area contributed by atoms with Gasteiger partial charge in [-0.1, -0.05) is 0 Å². The summed E-state index contributed by atoms with van der Waals surface area (Å²) in [6.07, 6.45) is 0.673. The number of carbonyl (C=O) groups is 2. The summed E-state index contributed by atoms with van der Waals surface area (Å²) < 4.78 is 1.51. The summed E-state index contributed by atoms with van der Waals surface area (Å²) in [5.74, 6) is -0.347. The van der Waals surface area contributed by atoms with Crippen molar-refractivity contribution in [2.24, 2.45) is 5.41 Å². The molecule has 0 unspecified atom stereocenters. The molecule has 2 aliphatic rings. The van der Waals surface area contributed by atoms with Gasteiger partial charge in [0.05, 0.1) is 12.2 Å². The van der Waals surface area contributed by atoms with E-state index in [9.17, 15) is 19.8 Å².